The SMILES string of the molecule is COc1cc(-c2c(C)cc(C)c(S(=O)(=O)[O-])c2C)c(Br)c(N)[n+]1N. The first kappa shape index (κ1) is 18.5. The maximum absolute atomic E-state index is 11.7. The van der Waals surface area contributed by atoms with Crippen LogP contribution in [0.3, 0.4) is 0 Å². The number of methoxy groups -OCH3 is 1. The van der Waals surface area contributed by atoms with Crippen LogP contribution in [0, 0.1) is 20.8 Å². The first-order valence-electron chi connectivity index (χ1n) is 6.90. The first-order chi connectivity index (χ1) is 11.0. The summed E-state index contributed by atoms with van der Waals surface area (Å²) in [5.74, 6) is 6.32. The zero-order valence-corrected chi connectivity index (χ0v) is 16.1. The van der Waals surface area contributed by atoms with Gasteiger partial charge in [-0.15, -0.1) is 0 Å². The van der Waals surface area contributed by atoms with Gasteiger partial charge in [0.1, 0.15) is 14.6 Å². The Morgan fingerprint density at radius 2 is 1.79 bits per heavy atom. The fourth-order valence-corrected chi connectivity index (χ4v) is 4.36. The van der Waals surface area contributed by atoms with Gasteiger partial charge < -0.3 is 9.29 Å². The lowest BCUT2D eigenvalue weighted by Crippen LogP contribution is -2.48. The molecule has 0 atom stereocenters. The van der Waals surface area contributed by atoms with Crippen LogP contribution in [-0.4, -0.2) is 20.1 Å². The lowest BCUT2D eigenvalue weighted by Gasteiger charge is -2.20. The standard InChI is InChI=1S/C15H18BrN3O4S/c1-7-5-8(2)14(24(20,21)22)9(3)12(7)10-6-11(23-4)19(18)15(17)13(10)16/h5-6,17H,18H2,1-4H3,(H,20,21,22). The van der Waals surface area contributed by atoms with Crippen LogP contribution < -0.4 is 21.0 Å². The molecule has 4 N–H and O–H groups in total. The maximum Gasteiger partial charge on any atom is 0.313 e. The molecule has 0 aliphatic heterocycles. The zero-order chi connectivity index (χ0) is 18.4. The molecule has 0 saturated heterocycles. The monoisotopic (exact) mass is 415 g/mol. The molecule has 1 aromatic carbocycles. The Labute approximate surface area is 149 Å². The van der Waals surface area contributed by atoms with E-state index in [1.807, 2.05) is 6.92 Å². The van der Waals surface area contributed by atoms with Gasteiger partial charge in [-0.25, -0.2) is 8.42 Å². The molecular formula is C15H18BrN3O4S. The smallest absolute Gasteiger partial charge is 0.313 e. The van der Waals surface area contributed by atoms with Gasteiger partial charge in [0, 0.05) is 11.6 Å². The Morgan fingerprint density at radius 1 is 1.21 bits per heavy atom. The molecule has 0 saturated carbocycles. The summed E-state index contributed by atoms with van der Waals surface area (Å²) >= 11 is 3.38. The summed E-state index contributed by atoms with van der Waals surface area (Å²) in [5.41, 5.74) is 8.73. The third kappa shape index (κ3) is 2.94. The van der Waals surface area contributed by atoms with Gasteiger partial charge in [0.25, 0.3) is 0 Å². The minimum absolute atomic E-state index is 0.204. The maximum atomic E-state index is 11.7. The van der Waals surface area contributed by atoms with Crippen LogP contribution in [0.5, 0.6) is 5.88 Å². The molecule has 0 aliphatic carbocycles. The summed E-state index contributed by atoms with van der Waals surface area (Å²) in [5, 5.41) is 0. The van der Waals surface area contributed by atoms with Gasteiger partial charge in [-0.1, -0.05) is 10.7 Å². The molecule has 2 rings (SSSR count). The van der Waals surface area contributed by atoms with Gasteiger partial charge in [0.05, 0.1) is 12.0 Å². The molecule has 0 fully saturated rings. The van der Waals surface area contributed by atoms with Crippen LogP contribution in [-0.2, 0) is 10.1 Å². The van der Waals surface area contributed by atoms with Crippen LogP contribution >= 0.6 is 15.9 Å². The van der Waals surface area contributed by atoms with E-state index in [0.29, 0.717) is 26.7 Å². The predicted molar refractivity (Wildman–Crippen MR) is 93.1 cm³/mol. The molecule has 9 heteroatoms. The van der Waals surface area contributed by atoms with E-state index in [-0.39, 0.29) is 16.6 Å². The number of aryl methyl sites for hydroxylation is 2. The Kier molecular flexibility index (Phi) is 4.80. The van der Waals surface area contributed by atoms with E-state index in [4.69, 9.17) is 16.3 Å². The zero-order valence-electron chi connectivity index (χ0n) is 13.7. The van der Waals surface area contributed by atoms with Gasteiger partial charge in [0.15, 0.2) is 0 Å². The van der Waals surface area contributed by atoms with E-state index in [9.17, 15) is 13.0 Å². The number of hydrogen-bond acceptors (Lipinski definition) is 6. The third-order valence-electron chi connectivity index (χ3n) is 3.86. The van der Waals surface area contributed by atoms with Crippen molar-refractivity contribution < 1.29 is 22.4 Å². The average Bonchev–Trinajstić information content (AvgIpc) is 2.45. The third-order valence-corrected chi connectivity index (χ3v) is 5.82. The van der Waals surface area contributed by atoms with Crippen molar-refractivity contribution in [1.82, 2.24) is 0 Å². The second kappa shape index (κ2) is 6.23. The normalized spacial score (nSPS) is 11.6. The first-order valence-corrected chi connectivity index (χ1v) is 9.11. The lowest BCUT2D eigenvalue weighted by atomic mass is 9.94. The van der Waals surface area contributed by atoms with Crippen LogP contribution in [0.25, 0.3) is 11.1 Å². The van der Waals surface area contributed by atoms with Crippen LogP contribution in [0.15, 0.2) is 21.5 Å². The van der Waals surface area contributed by atoms with Crippen molar-refractivity contribution in [1.29, 1.82) is 0 Å². The van der Waals surface area contributed by atoms with Crippen LogP contribution in [0.2, 0.25) is 0 Å². The highest BCUT2D eigenvalue weighted by molar-refractivity contribution is 9.10. The summed E-state index contributed by atoms with van der Waals surface area (Å²) < 4.78 is 41.8. The van der Waals surface area contributed by atoms with Crippen LogP contribution in [0.4, 0.5) is 5.82 Å². The molecule has 1 heterocycles. The Bertz CT molecular complexity index is 943. The van der Waals surface area contributed by atoms with Crippen molar-refractivity contribution in [3.05, 3.63) is 33.3 Å². The fraction of sp³-hybridized carbons (Fsp3) is 0.267. The van der Waals surface area contributed by atoms with E-state index < -0.39 is 10.1 Å². The highest BCUT2D eigenvalue weighted by atomic mass is 79.9. The second-order valence-corrected chi connectivity index (χ2v) is 7.57. The number of benzene rings is 1. The fourth-order valence-electron chi connectivity index (χ4n) is 2.92. The number of hydrogen-bond donors (Lipinski definition) is 2. The molecule has 0 aliphatic rings. The lowest BCUT2D eigenvalue weighted by molar-refractivity contribution is -0.630. The van der Waals surface area contributed by atoms with Crippen LogP contribution in [0.1, 0.15) is 16.7 Å². The van der Waals surface area contributed by atoms with E-state index in [1.54, 1.807) is 26.0 Å². The number of pyridine rings is 1. The number of nitrogens with two attached hydrogens (primary N) is 2. The van der Waals surface area contributed by atoms with Crippen molar-refractivity contribution in [2.75, 3.05) is 18.7 Å². The molecule has 2 aromatic rings. The van der Waals surface area contributed by atoms with Crippen molar-refractivity contribution in [3.8, 4) is 17.0 Å². The number of aromatic nitrogens is 1. The number of rotatable bonds is 3. The summed E-state index contributed by atoms with van der Waals surface area (Å²) in [4.78, 5) is -0.225. The average molecular weight is 416 g/mol. The molecule has 0 unspecified atom stereocenters. The van der Waals surface area contributed by atoms with E-state index >= 15 is 0 Å². The molecule has 0 spiro atoms. The molecule has 130 valence electrons. The van der Waals surface area contributed by atoms with E-state index in [0.717, 1.165) is 10.2 Å². The number of ether oxygens (including phenoxy) is 1. The number of nitrogens with zero attached hydrogens (tertiary/aromatic N) is 1. The topological polar surface area (TPSA) is 122 Å². The molecule has 0 radical (unpaired) electrons. The van der Waals surface area contributed by atoms with Gasteiger partial charge in [-0.05, 0) is 59.0 Å². The van der Waals surface area contributed by atoms with Crippen molar-refractivity contribution in [2.24, 2.45) is 0 Å². The highest BCUT2D eigenvalue weighted by Gasteiger charge is 2.24. The molecule has 24 heavy (non-hydrogen) atoms. The molecule has 7 nitrogen and oxygen atoms in total. The minimum atomic E-state index is -4.62. The van der Waals surface area contributed by atoms with Crippen molar-refractivity contribution in [2.45, 2.75) is 25.7 Å². The molecule has 0 bridgehead atoms. The Hall–Kier alpha value is -1.84. The summed E-state index contributed by atoms with van der Waals surface area (Å²) in [6.07, 6.45) is 0. The summed E-state index contributed by atoms with van der Waals surface area (Å²) in [6, 6.07) is 3.29. The van der Waals surface area contributed by atoms with E-state index in [1.165, 1.54) is 7.11 Å². The largest absolute Gasteiger partial charge is 0.744 e. The second-order valence-electron chi connectivity index (χ2n) is 5.46. The van der Waals surface area contributed by atoms with Gasteiger partial charge in [0.2, 0.25) is 0 Å². The van der Waals surface area contributed by atoms with Gasteiger partial charge in [-0.3, -0.25) is 11.6 Å². The molecule has 1 aromatic heterocycles. The summed E-state index contributed by atoms with van der Waals surface area (Å²) in [7, 11) is -3.17. The quantitative estimate of drug-likeness (QED) is 0.445. The number of nitrogen functional groups attached to an aromatic ring is 2. The number of halogens is 1. The molecular weight excluding hydrogens is 398 g/mol. The highest BCUT2D eigenvalue weighted by Crippen LogP contribution is 2.39. The number of anilines is 1. The van der Waals surface area contributed by atoms with E-state index in [2.05, 4.69) is 15.9 Å². The van der Waals surface area contributed by atoms with Gasteiger partial charge in [-0.2, -0.15) is 0 Å². The van der Waals surface area contributed by atoms with Gasteiger partial charge >= 0.3 is 11.7 Å². The summed E-state index contributed by atoms with van der Waals surface area (Å²) in [6.45, 7) is 5.02. The Morgan fingerprint density at radius 3 is 2.29 bits per heavy atom. The Balaban J connectivity index is 2.97. The molecule has 0 amide bonds. The van der Waals surface area contributed by atoms with Crippen molar-refractivity contribution >= 4 is 31.9 Å². The predicted octanol–water partition coefficient (Wildman–Crippen LogP) is 1.54. The minimum Gasteiger partial charge on any atom is -0.744 e. The van der Waals surface area contributed by atoms with Crippen molar-refractivity contribution in [3.63, 3.8) is 0 Å².